The highest BCUT2D eigenvalue weighted by atomic mass is 19.2. The van der Waals surface area contributed by atoms with Gasteiger partial charge in [-0.15, -0.1) is 0 Å². The second kappa shape index (κ2) is 6.83. The molecule has 0 spiro atoms. The molecule has 1 atom stereocenters. The average Bonchev–Trinajstić information content (AvgIpc) is 2.42. The molecule has 1 heterocycles. The molecule has 0 aromatic heterocycles. The van der Waals surface area contributed by atoms with Crippen LogP contribution in [0.25, 0.3) is 0 Å². The second-order valence-corrected chi connectivity index (χ2v) is 5.63. The SMILES string of the molecule is CC(C)[C@H]1C(=O)NCCN1CC(=O)Nc1ccc(F)c(F)c1. The minimum absolute atomic E-state index is 0.0231. The third-order valence-corrected chi connectivity index (χ3v) is 3.54. The van der Waals surface area contributed by atoms with Gasteiger partial charge in [0.1, 0.15) is 0 Å². The van der Waals surface area contributed by atoms with Crippen LogP contribution in [0.4, 0.5) is 14.5 Å². The van der Waals surface area contributed by atoms with Crippen LogP contribution in [0.15, 0.2) is 18.2 Å². The molecule has 7 heteroatoms. The predicted octanol–water partition coefficient (Wildman–Crippen LogP) is 1.36. The molecule has 2 rings (SSSR count). The number of piperazine rings is 1. The number of carbonyl (C=O) groups is 2. The van der Waals surface area contributed by atoms with Crippen molar-refractivity contribution in [3.63, 3.8) is 0 Å². The van der Waals surface area contributed by atoms with Gasteiger partial charge in [-0.05, 0) is 18.1 Å². The highest BCUT2D eigenvalue weighted by Gasteiger charge is 2.33. The number of carbonyl (C=O) groups excluding carboxylic acids is 2. The standard InChI is InChI=1S/C15H19F2N3O2/c1-9(2)14-15(22)18-5-6-20(14)8-13(21)19-10-3-4-11(16)12(17)7-10/h3-4,7,9,14H,5-6,8H2,1-2H3,(H,18,22)(H,19,21)/t14-/m0/s1. The van der Waals surface area contributed by atoms with E-state index in [0.29, 0.717) is 13.1 Å². The van der Waals surface area contributed by atoms with Crippen LogP contribution < -0.4 is 10.6 Å². The number of halogens is 2. The second-order valence-electron chi connectivity index (χ2n) is 5.63. The molecule has 0 radical (unpaired) electrons. The summed E-state index contributed by atoms with van der Waals surface area (Å²) in [6.07, 6.45) is 0. The summed E-state index contributed by atoms with van der Waals surface area (Å²) in [5.41, 5.74) is 0.187. The van der Waals surface area contributed by atoms with E-state index in [-0.39, 0.29) is 36.0 Å². The van der Waals surface area contributed by atoms with E-state index in [1.165, 1.54) is 6.07 Å². The first kappa shape index (κ1) is 16.4. The summed E-state index contributed by atoms with van der Waals surface area (Å²) in [6, 6.07) is 2.80. The zero-order chi connectivity index (χ0) is 16.3. The summed E-state index contributed by atoms with van der Waals surface area (Å²) in [4.78, 5) is 25.7. The van der Waals surface area contributed by atoms with Crippen LogP contribution in [-0.2, 0) is 9.59 Å². The van der Waals surface area contributed by atoms with Gasteiger partial charge in [-0.3, -0.25) is 14.5 Å². The molecule has 1 aromatic rings. The van der Waals surface area contributed by atoms with Crippen LogP contribution in [0.2, 0.25) is 0 Å². The summed E-state index contributed by atoms with van der Waals surface area (Å²) >= 11 is 0. The molecule has 1 aliphatic rings. The molecule has 1 fully saturated rings. The monoisotopic (exact) mass is 311 g/mol. The van der Waals surface area contributed by atoms with E-state index in [9.17, 15) is 18.4 Å². The van der Waals surface area contributed by atoms with Crippen molar-refractivity contribution < 1.29 is 18.4 Å². The zero-order valence-electron chi connectivity index (χ0n) is 12.5. The largest absolute Gasteiger partial charge is 0.353 e. The molecule has 1 aromatic carbocycles. The maximum absolute atomic E-state index is 13.1. The fourth-order valence-corrected chi connectivity index (χ4v) is 2.59. The van der Waals surface area contributed by atoms with E-state index >= 15 is 0 Å². The Labute approximate surface area is 127 Å². The number of amides is 2. The molecule has 22 heavy (non-hydrogen) atoms. The van der Waals surface area contributed by atoms with Crippen molar-refractivity contribution in [3.8, 4) is 0 Å². The zero-order valence-corrected chi connectivity index (χ0v) is 12.5. The van der Waals surface area contributed by atoms with E-state index in [1.807, 2.05) is 13.8 Å². The first-order valence-electron chi connectivity index (χ1n) is 7.15. The third-order valence-electron chi connectivity index (χ3n) is 3.54. The van der Waals surface area contributed by atoms with Gasteiger partial charge >= 0.3 is 0 Å². The van der Waals surface area contributed by atoms with Gasteiger partial charge in [0.05, 0.1) is 12.6 Å². The maximum atomic E-state index is 13.1. The molecular formula is C15H19F2N3O2. The number of nitrogens with zero attached hydrogens (tertiary/aromatic N) is 1. The molecule has 0 aliphatic carbocycles. The Morgan fingerprint density at radius 3 is 2.77 bits per heavy atom. The van der Waals surface area contributed by atoms with Crippen molar-refractivity contribution in [2.24, 2.45) is 5.92 Å². The Bertz CT molecular complexity index is 578. The Hall–Kier alpha value is -2.02. The average molecular weight is 311 g/mol. The van der Waals surface area contributed by atoms with Gasteiger partial charge in [-0.1, -0.05) is 13.8 Å². The molecule has 120 valence electrons. The van der Waals surface area contributed by atoms with E-state index in [2.05, 4.69) is 10.6 Å². The molecule has 0 unspecified atom stereocenters. The van der Waals surface area contributed by atoms with Crippen molar-refractivity contribution in [1.29, 1.82) is 0 Å². The number of hydrogen-bond acceptors (Lipinski definition) is 3. The Morgan fingerprint density at radius 2 is 2.14 bits per heavy atom. The third kappa shape index (κ3) is 3.79. The van der Waals surface area contributed by atoms with E-state index in [0.717, 1.165) is 12.1 Å². The number of nitrogens with one attached hydrogen (secondary N) is 2. The highest BCUT2D eigenvalue weighted by Crippen LogP contribution is 2.16. The number of anilines is 1. The molecule has 0 bridgehead atoms. The first-order valence-corrected chi connectivity index (χ1v) is 7.15. The topological polar surface area (TPSA) is 61.4 Å². The van der Waals surface area contributed by atoms with Gasteiger partial charge in [0, 0.05) is 24.8 Å². The summed E-state index contributed by atoms with van der Waals surface area (Å²) in [5.74, 6) is -2.38. The van der Waals surface area contributed by atoms with Crippen LogP contribution in [-0.4, -0.2) is 42.4 Å². The smallest absolute Gasteiger partial charge is 0.238 e. The highest BCUT2D eigenvalue weighted by molar-refractivity contribution is 5.93. The maximum Gasteiger partial charge on any atom is 0.238 e. The fraction of sp³-hybridized carbons (Fsp3) is 0.467. The molecule has 1 aliphatic heterocycles. The minimum Gasteiger partial charge on any atom is -0.353 e. The normalized spacial score (nSPS) is 19.1. The summed E-state index contributed by atoms with van der Waals surface area (Å²) in [7, 11) is 0. The summed E-state index contributed by atoms with van der Waals surface area (Å²) in [6.45, 7) is 4.90. The summed E-state index contributed by atoms with van der Waals surface area (Å²) in [5, 5.41) is 5.29. The predicted molar refractivity (Wildman–Crippen MR) is 78.2 cm³/mol. The Balaban J connectivity index is 2.01. The minimum atomic E-state index is -1.02. The van der Waals surface area contributed by atoms with Gasteiger partial charge in [-0.2, -0.15) is 0 Å². The van der Waals surface area contributed by atoms with Gasteiger partial charge in [0.25, 0.3) is 0 Å². The van der Waals surface area contributed by atoms with Crippen molar-refractivity contribution in [2.75, 3.05) is 25.0 Å². The van der Waals surface area contributed by atoms with E-state index < -0.39 is 11.6 Å². The van der Waals surface area contributed by atoms with Gasteiger partial charge in [0.15, 0.2) is 11.6 Å². The molecule has 2 N–H and O–H groups in total. The first-order chi connectivity index (χ1) is 10.4. The molecular weight excluding hydrogens is 292 g/mol. The van der Waals surface area contributed by atoms with Crippen molar-refractivity contribution in [2.45, 2.75) is 19.9 Å². The molecule has 0 saturated carbocycles. The van der Waals surface area contributed by atoms with Crippen molar-refractivity contribution >= 4 is 17.5 Å². The van der Waals surface area contributed by atoms with Gasteiger partial charge in [-0.25, -0.2) is 8.78 Å². The van der Waals surface area contributed by atoms with Crippen molar-refractivity contribution in [3.05, 3.63) is 29.8 Å². The van der Waals surface area contributed by atoms with E-state index in [1.54, 1.807) is 4.90 Å². The van der Waals surface area contributed by atoms with Crippen LogP contribution >= 0.6 is 0 Å². The lowest BCUT2D eigenvalue weighted by molar-refractivity contribution is -0.132. The van der Waals surface area contributed by atoms with Crippen LogP contribution in [0.3, 0.4) is 0 Å². The lowest BCUT2D eigenvalue weighted by Crippen LogP contribution is -2.58. The Kier molecular flexibility index (Phi) is 5.07. The molecule has 2 amide bonds. The van der Waals surface area contributed by atoms with Crippen molar-refractivity contribution in [1.82, 2.24) is 10.2 Å². The van der Waals surface area contributed by atoms with Crippen LogP contribution in [0, 0.1) is 17.6 Å². The van der Waals surface area contributed by atoms with Crippen LogP contribution in [0.5, 0.6) is 0 Å². The van der Waals surface area contributed by atoms with Crippen LogP contribution in [0.1, 0.15) is 13.8 Å². The quantitative estimate of drug-likeness (QED) is 0.882. The van der Waals surface area contributed by atoms with Gasteiger partial charge in [0.2, 0.25) is 11.8 Å². The molecule has 5 nitrogen and oxygen atoms in total. The lowest BCUT2D eigenvalue weighted by Gasteiger charge is -2.36. The van der Waals surface area contributed by atoms with Gasteiger partial charge < -0.3 is 10.6 Å². The lowest BCUT2D eigenvalue weighted by atomic mass is 10.00. The summed E-state index contributed by atoms with van der Waals surface area (Å²) < 4.78 is 26.0. The van der Waals surface area contributed by atoms with E-state index in [4.69, 9.17) is 0 Å². The fourth-order valence-electron chi connectivity index (χ4n) is 2.59. The molecule has 1 saturated heterocycles. The number of rotatable bonds is 4. The number of hydrogen-bond donors (Lipinski definition) is 2. The number of benzene rings is 1. The Morgan fingerprint density at radius 1 is 1.41 bits per heavy atom.